The van der Waals surface area contributed by atoms with Crippen LogP contribution in [0.1, 0.15) is 6.92 Å². The van der Waals surface area contributed by atoms with E-state index in [1.807, 2.05) is 4.90 Å². The van der Waals surface area contributed by atoms with E-state index in [-0.39, 0.29) is 24.6 Å². The summed E-state index contributed by atoms with van der Waals surface area (Å²) in [6.07, 6.45) is -1.08. The summed E-state index contributed by atoms with van der Waals surface area (Å²) < 4.78 is 10.5. The van der Waals surface area contributed by atoms with Crippen molar-refractivity contribution in [2.45, 2.75) is 25.2 Å². The molecule has 0 aromatic carbocycles. The largest absolute Gasteiger partial charge is 0.388 e. The fourth-order valence-electron chi connectivity index (χ4n) is 2.96. The predicted octanol–water partition coefficient (Wildman–Crippen LogP) is -1.78. The highest BCUT2D eigenvalue weighted by molar-refractivity contribution is 5.74. The maximum atomic E-state index is 11.7. The highest BCUT2D eigenvalue weighted by Gasteiger charge is 2.38. The lowest BCUT2D eigenvalue weighted by Crippen LogP contribution is -2.53. The minimum atomic E-state index is -0.746. The molecule has 9 heteroatoms. The van der Waals surface area contributed by atoms with Gasteiger partial charge >= 0.3 is 6.03 Å². The molecule has 0 aliphatic carbocycles. The zero-order valence-corrected chi connectivity index (χ0v) is 14.4. The Bertz CT molecular complexity index is 428. The van der Waals surface area contributed by atoms with Gasteiger partial charge in [-0.2, -0.15) is 0 Å². The quantitative estimate of drug-likeness (QED) is 0.493. The first-order valence-corrected chi connectivity index (χ1v) is 8.32. The summed E-state index contributed by atoms with van der Waals surface area (Å²) in [6.45, 7) is 6.23. The zero-order chi connectivity index (χ0) is 17.5. The van der Waals surface area contributed by atoms with E-state index in [1.54, 1.807) is 14.0 Å². The van der Waals surface area contributed by atoms with Crippen molar-refractivity contribution in [3.05, 3.63) is 0 Å². The molecular weight excluding hydrogens is 316 g/mol. The highest BCUT2D eigenvalue weighted by atomic mass is 16.5. The molecule has 24 heavy (non-hydrogen) atoms. The summed E-state index contributed by atoms with van der Waals surface area (Å²) in [4.78, 5) is 27.0. The van der Waals surface area contributed by atoms with Gasteiger partial charge in [0.2, 0.25) is 5.91 Å². The van der Waals surface area contributed by atoms with Gasteiger partial charge < -0.3 is 30.1 Å². The second kappa shape index (κ2) is 9.16. The van der Waals surface area contributed by atoms with Gasteiger partial charge in [-0.3, -0.25) is 9.69 Å². The van der Waals surface area contributed by atoms with Crippen molar-refractivity contribution in [1.29, 1.82) is 0 Å². The number of amides is 3. The Kier molecular flexibility index (Phi) is 7.22. The molecule has 0 spiro atoms. The van der Waals surface area contributed by atoms with Gasteiger partial charge in [-0.1, -0.05) is 0 Å². The second-order valence-electron chi connectivity index (χ2n) is 6.17. The second-order valence-corrected chi connectivity index (χ2v) is 6.17. The molecule has 0 unspecified atom stereocenters. The molecule has 2 aliphatic rings. The topological polar surface area (TPSA) is 103 Å². The van der Waals surface area contributed by atoms with Gasteiger partial charge in [-0.15, -0.1) is 0 Å². The molecule has 2 aliphatic heterocycles. The molecule has 0 aromatic rings. The molecule has 0 saturated carbocycles. The third-order valence-electron chi connectivity index (χ3n) is 4.45. The van der Waals surface area contributed by atoms with Gasteiger partial charge in [-0.05, 0) is 0 Å². The number of piperazine rings is 1. The number of methoxy groups -OCH3 is 1. The normalized spacial score (nSPS) is 28.0. The van der Waals surface area contributed by atoms with Gasteiger partial charge in [0, 0.05) is 53.3 Å². The Morgan fingerprint density at radius 1 is 1.29 bits per heavy atom. The van der Waals surface area contributed by atoms with E-state index in [1.165, 1.54) is 0 Å². The Morgan fingerprint density at radius 2 is 2.00 bits per heavy atom. The van der Waals surface area contributed by atoms with Gasteiger partial charge in [-0.25, -0.2) is 4.79 Å². The highest BCUT2D eigenvalue weighted by Crippen LogP contribution is 2.16. The van der Waals surface area contributed by atoms with E-state index in [0.29, 0.717) is 32.8 Å². The molecule has 2 fully saturated rings. The molecule has 3 atom stereocenters. The third kappa shape index (κ3) is 5.30. The molecule has 3 amide bonds. The molecule has 0 aromatic heterocycles. The first-order valence-electron chi connectivity index (χ1n) is 8.32. The summed E-state index contributed by atoms with van der Waals surface area (Å²) in [5.74, 6) is 0.0931. The van der Waals surface area contributed by atoms with E-state index < -0.39 is 12.1 Å². The number of hydrogen-bond acceptors (Lipinski definition) is 6. The molecular formula is C15H28N4O5. The first kappa shape index (κ1) is 18.9. The Labute approximate surface area is 142 Å². The average Bonchev–Trinajstić information content (AvgIpc) is 2.89. The number of hydrogen-bond donors (Lipinski definition) is 3. The lowest BCUT2D eigenvalue weighted by atomic mass is 10.1. The first-order chi connectivity index (χ1) is 11.5. The van der Waals surface area contributed by atoms with E-state index in [4.69, 9.17) is 9.47 Å². The van der Waals surface area contributed by atoms with Crippen molar-refractivity contribution in [3.8, 4) is 0 Å². The van der Waals surface area contributed by atoms with Gasteiger partial charge in [0.05, 0.1) is 25.4 Å². The van der Waals surface area contributed by atoms with Crippen LogP contribution in [0.2, 0.25) is 0 Å². The lowest BCUT2D eigenvalue weighted by molar-refractivity contribution is -0.130. The monoisotopic (exact) mass is 344 g/mol. The van der Waals surface area contributed by atoms with Gasteiger partial charge in [0.15, 0.2) is 0 Å². The van der Waals surface area contributed by atoms with Gasteiger partial charge in [0.1, 0.15) is 6.10 Å². The van der Waals surface area contributed by atoms with E-state index >= 15 is 0 Å². The third-order valence-corrected chi connectivity index (χ3v) is 4.45. The summed E-state index contributed by atoms with van der Waals surface area (Å²) in [5.41, 5.74) is 0. The number of urea groups is 1. The molecule has 0 radical (unpaired) electrons. The maximum absolute atomic E-state index is 11.7. The summed E-state index contributed by atoms with van der Waals surface area (Å²) in [5, 5.41) is 15.7. The molecule has 2 rings (SSSR count). The fraction of sp³-hybridized carbons (Fsp3) is 0.867. The predicted molar refractivity (Wildman–Crippen MR) is 86.6 cm³/mol. The van der Waals surface area contributed by atoms with Crippen molar-refractivity contribution in [1.82, 2.24) is 20.4 Å². The van der Waals surface area contributed by atoms with Crippen molar-refractivity contribution >= 4 is 11.9 Å². The smallest absolute Gasteiger partial charge is 0.315 e. The number of nitrogens with one attached hydrogen (secondary N) is 2. The summed E-state index contributed by atoms with van der Waals surface area (Å²) in [6, 6.07) is -0.758. The van der Waals surface area contributed by atoms with Crippen LogP contribution >= 0.6 is 0 Å². The Balaban J connectivity index is 1.71. The van der Waals surface area contributed by atoms with E-state index in [9.17, 15) is 14.7 Å². The van der Waals surface area contributed by atoms with Crippen LogP contribution in [0.3, 0.4) is 0 Å². The number of nitrogens with zero attached hydrogens (tertiary/aromatic N) is 2. The summed E-state index contributed by atoms with van der Waals surface area (Å²) in [7, 11) is 1.56. The van der Waals surface area contributed by atoms with Crippen LogP contribution in [0.25, 0.3) is 0 Å². The molecule has 138 valence electrons. The number of rotatable bonds is 6. The number of carbonyl (C=O) groups is 2. The van der Waals surface area contributed by atoms with Crippen molar-refractivity contribution in [3.63, 3.8) is 0 Å². The minimum Gasteiger partial charge on any atom is -0.388 e. The van der Waals surface area contributed by atoms with Crippen molar-refractivity contribution in [2.24, 2.45) is 0 Å². The van der Waals surface area contributed by atoms with Crippen LogP contribution in [0.4, 0.5) is 4.79 Å². The minimum absolute atomic E-state index is 0.0931. The number of aliphatic hydroxyl groups excluding tert-OH is 1. The van der Waals surface area contributed by atoms with Crippen LogP contribution in [0, 0.1) is 0 Å². The van der Waals surface area contributed by atoms with Crippen LogP contribution in [0.15, 0.2) is 0 Å². The van der Waals surface area contributed by atoms with Crippen LogP contribution < -0.4 is 10.6 Å². The molecule has 2 saturated heterocycles. The van der Waals surface area contributed by atoms with Crippen LogP contribution in [0.5, 0.6) is 0 Å². The Morgan fingerprint density at radius 3 is 2.62 bits per heavy atom. The molecule has 9 nitrogen and oxygen atoms in total. The Hall–Kier alpha value is -1.42. The lowest BCUT2D eigenvalue weighted by Gasteiger charge is -2.35. The van der Waals surface area contributed by atoms with Crippen molar-refractivity contribution < 1.29 is 24.2 Å². The zero-order valence-electron chi connectivity index (χ0n) is 14.4. The van der Waals surface area contributed by atoms with Gasteiger partial charge in [0.25, 0.3) is 0 Å². The van der Waals surface area contributed by atoms with Crippen LogP contribution in [-0.2, 0) is 14.3 Å². The number of ether oxygens (including phenoxy) is 2. The molecule has 0 bridgehead atoms. The van der Waals surface area contributed by atoms with E-state index in [0.717, 1.165) is 13.1 Å². The average molecular weight is 344 g/mol. The molecule has 2 heterocycles. The number of carbonyl (C=O) groups excluding carboxylic acids is 2. The number of aliphatic hydroxyl groups is 1. The summed E-state index contributed by atoms with van der Waals surface area (Å²) >= 11 is 0. The van der Waals surface area contributed by atoms with Crippen LogP contribution in [-0.4, -0.2) is 105 Å². The van der Waals surface area contributed by atoms with Crippen molar-refractivity contribution in [2.75, 3.05) is 59.6 Å². The standard InChI is InChI=1S/C15H28N4O5/c1-11(20)19-6-4-18(5-7-19)9-13-14(21)12(10-24-13)17-15(22)16-3-8-23-2/h12-14,21H,3-10H2,1-2H3,(H2,16,17,22)/t12-,13-,14+/m0/s1. The molecule has 3 N–H and O–H groups in total. The maximum Gasteiger partial charge on any atom is 0.315 e. The fourth-order valence-corrected chi connectivity index (χ4v) is 2.96. The SMILES string of the molecule is COCCNC(=O)N[C@H]1CO[C@@H](CN2CCN(C(C)=O)CC2)[C@@H]1O. The van der Waals surface area contributed by atoms with E-state index in [2.05, 4.69) is 15.5 Å².